The molecule has 0 amide bonds. The zero-order valence-electron chi connectivity index (χ0n) is 9.13. The summed E-state index contributed by atoms with van der Waals surface area (Å²) in [5.41, 5.74) is 0. The average molecular weight is 184 g/mol. The molecule has 0 aromatic carbocycles. The van der Waals surface area contributed by atoms with E-state index in [2.05, 4.69) is 26.0 Å². The number of aliphatic hydroxyl groups is 1. The first-order valence-corrected chi connectivity index (χ1v) is 5.58. The molecule has 0 aliphatic carbocycles. The third-order valence-electron chi connectivity index (χ3n) is 2.47. The van der Waals surface area contributed by atoms with Gasteiger partial charge in [-0.1, -0.05) is 38.3 Å². The van der Waals surface area contributed by atoms with Crippen LogP contribution in [0.25, 0.3) is 0 Å². The molecule has 0 radical (unpaired) electrons. The summed E-state index contributed by atoms with van der Waals surface area (Å²) >= 11 is 0. The van der Waals surface area contributed by atoms with Crippen molar-refractivity contribution in [3.8, 4) is 0 Å². The van der Waals surface area contributed by atoms with Crippen LogP contribution in [0.1, 0.15) is 52.4 Å². The molecule has 1 unspecified atom stereocenters. The van der Waals surface area contributed by atoms with E-state index in [0.717, 1.165) is 12.3 Å². The van der Waals surface area contributed by atoms with E-state index in [-0.39, 0.29) is 0 Å². The lowest BCUT2D eigenvalue weighted by atomic mass is 9.98. The van der Waals surface area contributed by atoms with Crippen molar-refractivity contribution in [2.45, 2.75) is 52.4 Å². The predicted molar refractivity (Wildman–Crippen MR) is 58.8 cm³/mol. The van der Waals surface area contributed by atoms with Crippen LogP contribution in [0.4, 0.5) is 0 Å². The summed E-state index contributed by atoms with van der Waals surface area (Å²) in [5, 5.41) is 8.59. The van der Waals surface area contributed by atoms with Crippen LogP contribution in [0.2, 0.25) is 0 Å². The van der Waals surface area contributed by atoms with E-state index >= 15 is 0 Å². The number of allylic oxidation sites excluding steroid dienone is 2. The molecule has 0 aliphatic heterocycles. The molecule has 0 bridgehead atoms. The van der Waals surface area contributed by atoms with Gasteiger partial charge in [0.05, 0.1) is 0 Å². The third-order valence-corrected chi connectivity index (χ3v) is 2.47. The first kappa shape index (κ1) is 12.7. The molecule has 0 aromatic rings. The van der Waals surface area contributed by atoms with Gasteiger partial charge in [-0.05, 0) is 32.1 Å². The van der Waals surface area contributed by atoms with Gasteiger partial charge in [-0.25, -0.2) is 0 Å². The highest BCUT2D eigenvalue weighted by Gasteiger charge is 2.00. The van der Waals surface area contributed by atoms with Crippen LogP contribution in [0.5, 0.6) is 0 Å². The van der Waals surface area contributed by atoms with Crippen molar-refractivity contribution in [3.63, 3.8) is 0 Å². The molecule has 0 fully saturated rings. The average Bonchev–Trinajstić information content (AvgIpc) is 2.16. The largest absolute Gasteiger partial charge is 0.396 e. The zero-order valence-corrected chi connectivity index (χ0v) is 9.13. The van der Waals surface area contributed by atoms with Crippen LogP contribution >= 0.6 is 0 Å². The SMILES string of the molecule is CC=CC(CC)CCCCCCO. The van der Waals surface area contributed by atoms with Crippen molar-refractivity contribution in [2.24, 2.45) is 5.92 Å². The van der Waals surface area contributed by atoms with E-state index in [9.17, 15) is 0 Å². The molecule has 1 heteroatoms. The van der Waals surface area contributed by atoms with Gasteiger partial charge in [0.25, 0.3) is 0 Å². The van der Waals surface area contributed by atoms with Crippen molar-refractivity contribution >= 4 is 0 Å². The van der Waals surface area contributed by atoms with Gasteiger partial charge in [0.2, 0.25) is 0 Å². The monoisotopic (exact) mass is 184 g/mol. The second kappa shape index (κ2) is 9.79. The molecule has 13 heavy (non-hydrogen) atoms. The van der Waals surface area contributed by atoms with Gasteiger partial charge in [-0.2, -0.15) is 0 Å². The first-order valence-electron chi connectivity index (χ1n) is 5.58. The maximum Gasteiger partial charge on any atom is 0.0431 e. The Bertz CT molecular complexity index is 118. The molecule has 1 nitrogen and oxygen atoms in total. The lowest BCUT2D eigenvalue weighted by Gasteiger charge is -2.08. The highest BCUT2D eigenvalue weighted by atomic mass is 16.2. The predicted octanol–water partition coefficient (Wildman–Crippen LogP) is 3.53. The second-order valence-corrected chi connectivity index (χ2v) is 3.62. The second-order valence-electron chi connectivity index (χ2n) is 3.62. The first-order chi connectivity index (χ1) is 6.35. The Morgan fingerprint density at radius 3 is 2.38 bits per heavy atom. The van der Waals surface area contributed by atoms with E-state index in [0.29, 0.717) is 6.61 Å². The van der Waals surface area contributed by atoms with Gasteiger partial charge in [0.1, 0.15) is 0 Å². The summed E-state index contributed by atoms with van der Waals surface area (Å²) in [6, 6.07) is 0. The van der Waals surface area contributed by atoms with Crippen LogP contribution in [-0.4, -0.2) is 11.7 Å². The summed E-state index contributed by atoms with van der Waals surface area (Å²) < 4.78 is 0. The van der Waals surface area contributed by atoms with Crippen LogP contribution in [0.15, 0.2) is 12.2 Å². The molecular formula is C12H24O. The van der Waals surface area contributed by atoms with Gasteiger partial charge in [0, 0.05) is 6.61 Å². The Hall–Kier alpha value is -0.300. The quantitative estimate of drug-likeness (QED) is 0.452. The fourth-order valence-electron chi connectivity index (χ4n) is 1.58. The number of hydrogen-bond donors (Lipinski definition) is 1. The Morgan fingerprint density at radius 1 is 1.15 bits per heavy atom. The van der Waals surface area contributed by atoms with Gasteiger partial charge in [-0.15, -0.1) is 0 Å². The lowest BCUT2D eigenvalue weighted by Crippen LogP contribution is -1.94. The van der Waals surface area contributed by atoms with Gasteiger partial charge in [0.15, 0.2) is 0 Å². The highest BCUT2D eigenvalue weighted by molar-refractivity contribution is 4.84. The normalized spacial score (nSPS) is 13.8. The van der Waals surface area contributed by atoms with Crippen LogP contribution in [0.3, 0.4) is 0 Å². The van der Waals surface area contributed by atoms with Gasteiger partial charge in [-0.3, -0.25) is 0 Å². The minimum absolute atomic E-state index is 0.353. The minimum atomic E-state index is 0.353. The Kier molecular flexibility index (Phi) is 9.56. The molecule has 0 saturated heterocycles. The molecular weight excluding hydrogens is 160 g/mol. The highest BCUT2D eigenvalue weighted by Crippen LogP contribution is 2.15. The molecule has 0 aliphatic rings. The van der Waals surface area contributed by atoms with Crippen molar-refractivity contribution in [1.29, 1.82) is 0 Å². The molecule has 1 atom stereocenters. The Balaban J connectivity index is 3.28. The van der Waals surface area contributed by atoms with Crippen molar-refractivity contribution in [3.05, 3.63) is 12.2 Å². The number of unbranched alkanes of at least 4 members (excludes halogenated alkanes) is 3. The number of rotatable bonds is 8. The summed E-state index contributed by atoms with van der Waals surface area (Å²) in [4.78, 5) is 0. The summed E-state index contributed by atoms with van der Waals surface area (Å²) in [6.07, 6.45) is 11.8. The Labute approximate surface area is 82.9 Å². The third kappa shape index (κ3) is 8.04. The summed E-state index contributed by atoms with van der Waals surface area (Å²) in [5.74, 6) is 0.777. The zero-order chi connectivity index (χ0) is 9.94. The molecule has 0 spiro atoms. The number of aliphatic hydroxyl groups excluding tert-OH is 1. The van der Waals surface area contributed by atoms with Crippen LogP contribution in [0, 0.1) is 5.92 Å². The van der Waals surface area contributed by atoms with Crippen molar-refractivity contribution in [1.82, 2.24) is 0 Å². The van der Waals surface area contributed by atoms with E-state index in [1.807, 2.05) is 0 Å². The summed E-state index contributed by atoms with van der Waals surface area (Å²) in [6.45, 7) is 4.69. The fraction of sp³-hybridized carbons (Fsp3) is 0.833. The molecule has 1 N–H and O–H groups in total. The topological polar surface area (TPSA) is 20.2 Å². The standard InChI is InChI=1S/C12H24O/c1-3-9-12(4-2)10-7-5-6-8-11-13/h3,9,12-13H,4-8,10-11H2,1-2H3. The van der Waals surface area contributed by atoms with Crippen molar-refractivity contribution in [2.75, 3.05) is 6.61 Å². The molecule has 0 aromatic heterocycles. The maximum absolute atomic E-state index is 8.59. The van der Waals surface area contributed by atoms with Crippen molar-refractivity contribution < 1.29 is 5.11 Å². The van der Waals surface area contributed by atoms with E-state index in [1.165, 1.54) is 32.1 Å². The maximum atomic E-state index is 8.59. The fourth-order valence-corrected chi connectivity index (χ4v) is 1.58. The number of hydrogen-bond acceptors (Lipinski definition) is 1. The van der Waals surface area contributed by atoms with E-state index in [4.69, 9.17) is 5.11 Å². The summed E-state index contributed by atoms with van der Waals surface area (Å²) in [7, 11) is 0. The Morgan fingerprint density at radius 2 is 1.85 bits per heavy atom. The smallest absolute Gasteiger partial charge is 0.0431 e. The minimum Gasteiger partial charge on any atom is -0.396 e. The molecule has 0 saturated carbocycles. The lowest BCUT2D eigenvalue weighted by molar-refractivity contribution is 0.282. The van der Waals surface area contributed by atoms with Crippen LogP contribution < -0.4 is 0 Å². The molecule has 0 rings (SSSR count). The van der Waals surface area contributed by atoms with Gasteiger partial charge < -0.3 is 5.11 Å². The van der Waals surface area contributed by atoms with Gasteiger partial charge >= 0.3 is 0 Å². The van der Waals surface area contributed by atoms with E-state index in [1.54, 1.807) is 0 Å². The molecule has 0 heterocycles. The van der Waals surface area contributed by atoms with Crippen LogP contribution in [-0.2, 0) is 0 Å². The molecule has 78 valence electrons. The van der Waals surface area contributed by atoms with E-state index < -0.39 is 0 Å².